The van der Waals surface area contributed by atoms with Crippen molar-refractivity contribution < 1.29 is 14.2 Å². The Balaban J connectivity index is 1.21. The fraction of sp³-hybridized carbons (Fsp3) is 0.714. The van der Waals surface area contributed by atoms with Crippen LogP contribution in [0, 0.1) is 5.92 Å². The molecule has 2 heterocycles. The van der Waals surface area contributed by atoms with Crippen LogP contribution in [-0.4, -0.2) is 38.6 Å². The first-order chi connectivity index (χ1) is 12.3. The van der Waals surface area contributed by atoms with Crippen LogP contribution in [-0.2, 0) is 9.47 Å². The Bertz CT molecular complexity index is 552. The van der Waals surface area contributed by atoms with Gasteiger partial charge in [-0.3, -0.25) is 0 Å². The van der Waals surface area contributed by atoms with Crippen molar-refractivity contribution in [1.82, 2.24) is 5.32 Å². The van der Waals surface area contributed by atoms with Gasteiger partial charge < -0.3 is 19.5 Å². The maximum Gasteiger partial charge on any atom is 0.124 e. The number of fused-ring (bicyclic) bond motifs is 1. The number of nitrogens with one attached hydrogen (secondary N) is 1. The van der Waals surface area contributed by atoms with E-state index in [1.54, 1.807) is 0 Å². The number of hydrogen-bond acceptors (Lipinski definition) is 4. The van der Waals surface area contributed by atoms with Crippen LogP contribution in [0.4, 0.5) is 0 Å². The first-order valence-electron chi connectivity index (χ1n) is 10.0. The molecule has 4 rings (SSSR count). The van der Waals surface area contributed by atoms with E-state index >= 15 is 0 Å². The second-order valence-electron chi connectivity index (χ2n) is 7.87. The lowest BCUT2D eigenvalue weighted by molar-refractivity contribution is -0.0371. The third-order valence-corrected chi connectivity index (χ3v) is 6.01. The lowest BCUT2D eigenvalue weighted by atomic mass is 9.73. The third kappa shape index (κ3) is 4.18. The van der Waals surface area contributed by atoms with Crippen molar-refractivity contribution >= 4 is 0 Å². The molecular weight excluding hydrogens is 314 g/mol. The Morgan fingerprint density at radius 1 is 1.16 bits per heavy atom. The maximum absolute atomic E-state index is 6.32. The molecule has 3 aliphatic rings. The molecular formula is C21H31NO3. The monoisotopic (exact) mass is 345 g/mol. The molecule has 1 aliphatic carbocycles. The number of hydrogen-bond donors (Lipinski definition) is 1. The zero-order valence-corrected chi connectivity index (χ0v) is 15.2. The Morgan fingerprint density at radius 3 is 2.80 bits per heavy atom. The minimum atomic E-state index is 0.103. The van der Waals surface area contributed by atoms with Gasteiger partial charge in [-0.2, -0.15) is 0 Å². The molecule has 2 fully saturated rings. The molecule has 4 heteroatoms. The third-order valence-electron chi connectivity index (χ3n) is 6.01. The van der Waals surface area contributed by atoms with Crippen molar-refractivity contribution in [3.8, 4) is 5.75 Å². The molecule has 0 radical (unpaired) electrons. The molecule has 1 aromatic carbocycles. The van der Waals surface area contributed by atoms with Crippen LogP contribution in [0.2, 0.25) is 0 Å². The zero-order valence-electron chi connectivity index (χ0n) is 15.2. The van der Waals surface area contributed by atoms with Crippen LogP contribution in [0.3, 0.4) is 0 Å². The highest BCUT2D eigenvalue weighted by atomic mass is 16.5. The Morgan fingerprint density at radius 2 is 2.00 bits per heavy atom. The zero-order chi connectivity index (χ0) is 17.0. The van der Waals surface area contributed by atoms with Crippen molar-refractivity contribution in [3.05, 3.63) is 29.8 Å². The van der Waals surface area contributed by atoms with Crippen LogP contribution in [0.1, 0.15) is 56.6 Å². The van der Waals surface area contributed by atoms with Crippen molar-refractivity contribution in [2.45, 2.75) is 56.6 Å². The Hall–Kier alpha value is -1.10. The fourth-order valence-corrected chi connectivity index (χ4v) is 4.29. The molecule has 25 heavy (non-hydrogen) atoms. The van der Waals surface area contributed by atoms with Crippen LogP contribution < -0.4 is 10.1 Å². The summed E-state index contributed by atoms with van der Waals surface area (Å²) in [5.74, 6) is 1.78. The van der Waals surface area contributed by atoms with Gasteiger partial charge >= 0.3 is 0 Å². The SMILES string of the molecule is c1ccc2c(c1)OC1(CCC1)C[C@@H]2NCCCOCC1CCOCC1. The van der Waals surface area contributed by atoms with Crippen LogP contribution >= 0.6 is 0 Å². The predicted molar refractivity (Wildman–Crippen MR) is 98.0 cm³/mol. The Kier molecular flexibility index (Phi) is 5.59. The highest BCUT2D eigenvalue weighted by molar-refractivity contribution is 5.39. The highest BCUT2D eigenvalue weighted by Gasteiger charge is 2.45. The van der Waals surface area contributed by atoms with Gasteiger partial charge in [-0.15, -0.1) is 0 Å². The lowest BCUT2D eigenvalue weighted by Crippen LogP contribution is -2.49. The second kappa shape index (κ2) is 8.07. The summed E-state index contributed by atoms with van der Waals surface area (Å²) in [4.78, 5) is 0. The van der Waals surface area contributed by atoms with Gasteiger partial charge in [0.1, 0.15) is 11.4 Å². The van der Waals surface area contributed by atoms with E-state index in [2.05, 4.69) is 29.6 Å². The summed E-state index contributed by atoms with van der Waals surface area (Å²) in [5.41, 5.74) is 1.43. The summed E-state index contributed by atoms with van der Waals surface area (Å²) in [5, 5.41) is 3.76. The van der Waals surface area contributed by atoms with Gasteiger partial charge in [0.05, 0.1) is 0 Å². The number of rotatable bonds is 7. The first-order valence-corrected chi connectivity index (χ1v) is 10.0. The second-order valence-corrected chi connectivity index (χ2v) is 7.87. The molecule has 0 unspecified atom stereocenters. The van der Waals surface area contributed by atoms with Crippen LogP contribution in [0.25, 0.3) is 0 Å². The molecule has 1 aromatic rings. The molecule has 0 amide bonds. The summed E-state index contributed by atoms with van der Waals surface area (Å²) in [6.07, 6.45) is 8.18. The minimum absolute atomic E-state index is 0.103. The van der Waals surface area contributed by atoms with E-state index in [4.69, 9.17) is 14.2 Å². The molecule has 1 spiro atoms. The molecule has 1 saturated heterocycles. The first kappa shape index (κ1) is 17.3. The summed E-state index contributed by atoms with van der Waals surface area (Å²) < 4.78 is 17.6. The average Bonchev–Trinajstić information content (AvgIpc) is 2.64. The molecule has 0 aromatic heterocycles. The summed E-state index contributed by atoms with van der Waals surface area (Å²) in [6, 6.07) is 8.95. The number of benzene rings is 1. The molecule has 4 nitrogen and oxygen atoms in total. The van der Waals surface area contributed by atoms with Gasteiger partial charge in [0, 0.05) is 44.5 Å². The summed E-state index contributed by atoms with van der Waals surface area (Å²) in [7, 11) is 0. The molecule has 1 N–H and O–H groups in total. The maximum atomic E-state index is 6.32. The molecule has 138 valence electrons. The van der Waals surface area contributed by atoms with E-state index in [1.165, 1.54) is 24.8 Å². The lowest BCUT2D eigenvalue weighted by Gasteiger charge is -2.48. The largest absolute Gasteiger partial charge is 0.487 e. The van der Waals surface area contributed by atoms with E-state index < -0.39 is 0 Å². The number of ether oxygens (including phenoxy) is 3. The molecule has 0 bridgehead atoms. The van der Waals surface area contributed by atoms with E-state index in [-0.39, 0.29) is 5.60 Å². The topological polar surface area (TPSA) is 39.7 Å². The van der Waals surface area contributed by atoms with Gasteiger partial charge in [-0.05, 0) is 57.1 Å². The molecule has 1 saturated carbocycles. The molecule has 2 aliphatic heterocycles. The van der Waals surface area contributed by atoms with Crippen LogP contribution in [0.15, 0.2) is 24.3 Å². The van der Waals surface area contributed by atoms with Crippen molar-refractivity contribution in [3.63, 3.8) is 0 Å². The average molecular weight is 345 g/mol. The minimum Gasteiger partial charge on any atom is -0.487 e. The van der Waals surface area contributed by atoms with Crippen molar-refractivity contribution in [2.75, 3.05) is 33.0 Å². The van der Waals surface area contributed by atoms with E-state index in [1.807, 2.05) is 0 Å². The van der Waals surface area contributed by atoms with E-state index in [9.17, 15) is 0 Å². The van der Waals surface area contributed by atoms with Gasteiger partial charge in [0.25, 0.3) is 0 Å². The quantitative estimate of drug-likeness (QED) is 0.762. The van der Waals surface area contributed by atoms with Gasteiger partial charge in [-0.25, -0.2) is 0 Å². The normalized spacial score (nSPS) is 25.2. The summed E-state index contributed by atoms with van der Waals surface area (Å²) in [6.45, 7) is 4.55. The predicted octanol–water partition coefficient (Wildman–Crippen LogP) is 3.86. The van der Waals surface area contributed by atoms with Crippen LogP contribution in [0.5, 0.6) is 5.75 Å². The van der Waals surface area contributed by atoms with Gasteiger partial charge in [-0.1, -0.05) is 18.2 Å². The van der Waals surface area contributed by atoms with E-state index in [0.717, 1.165) is 64.4 Å². The number of para-hydroxylation sites is 1. The molecule has 1 atom stereocenters. The van der Waals surface area contributed by atoms with Crippen molar-refractivity contribution in [1.29, 1.82) is 0 Å². The Labute approximate surface area is 151 Å². The van der Waals surface area contributed by atoms with Crippen molar-refractivity contribution in [2.24, 2.45) is 5.92 Å². The van der Waals surface area contributed by atoms with Gasteiger partial charge in [0.2, 0.25) is 0 Å². The van der Waals surface area contributed by atoms with Gasteiger partial charge in [0.15, 0.2) is 0 Å². The highest BCUT2D eigenvalue weighted by Crippen LogP contribution is 2.48. The van der Waals surface area contributed by atoms with E-state index in [0.29, 0.717) is 12.0 Å². The fourth-order valence-electron chi connectivity index (χ4n) is 4.29. The summed E-state index contributed by atoms with van der Waals surface area (Å²) >= 11 is 0. The standard InChI is InChI=1S/C21H31NO3/c1-2-6-20-18(5-1)19(15-21(25-20)9-3-10-21)22-11-4-12-24-16-17-7-13-23-14-8-17/h1-2,5-6,17,19,22H,3-4,7-16H2/t19-/m0/s1. The smallest absolute Gasteiger partial charge is 0.124 e.